The standard InChI is InChI=1S/C16H24N2O3/c1-5-7-15(19)18(12(2)16(20)17-3)11-13-8-6-9-14(10-13)21-4/h6,8-10,12H,5,7,11H2,1-4H3,(H,17,20)/t12-/m0/s1. The monoisotopic (exact) mass is 292 g/mol. The van der Waals surface area contributed by atoms with E-state index < -0.39 is 6.04 Å². The number of hydrogen-bond acceptors (Lipinski definition) is 3. The second-order valence-corrected chi connectivity index (χ2v) is 4.91. The Hall–Kier alpha value is -2.04. The average Bonchev–Trinajstić information content (AvgIpc) is 2.51. The van der Waals surface area contributed by atoms with E-state index in [9.17, 15) is 9.59 Å². The first kappa shape index (κ1) is 17.0. The number of amides is 2. The number of nitrogens with zero attached hydrogens (tertiary/aromatic N) is 1. The van der Waals surface area contributed by atoms with Gasteiger partial charge in [0.1, 0.15) is 11.8 Å². The van der Waals surface area contributed by atoms with Gasteiger partial charge in [-0.15, -0.1) is 0 Å². The number of ether oxygens (including phenoxy) is 1. The predicted octanol–water partition coefficient (Wildman–Crippen LogP) is 1.96. The lowest BCUT2D eigenvalue weighted by Crippen LogP contribution is -2.46. The van der Waals surface area contributed by atoms with Crippen LogP contribution in [0.1, 0.15) is 32.3 Å². The van der Waals surface area contributed by atoms with Crippen molar-refractivity contribution in [2.24, 2.45) is 0 Å². The molecule has 0 radical (unpaired) electrons. The summed E-state index contributed by atoms with van der Waals surface area (Å²) in [6.45, 7) is 4.09. The fourth-order valence-electron chi connectivity index (χ4n) is 2.12. The van der Waals surface area contributed by atoms with Gasteiger partial charge < -0.3 is 15.0 Å². The van der Waals surface area contributed by atoms with Crippen LogP contribution in [-0.2, 0) is 16.1 Å². The molecule has 0 fully saturated rings. The molecule has 0 aliphatic heterocycles. The Kier molecular flexibility index (Phi) is 6.72. The van der Waals surface area contributed by atoms with Gasteiger partial charge in [0.15, 0.2) is 0 Å². The minimum atomic E-state index is -0.500. The molecule has 116 valence electrons. The van der Waals surface area contributed by atoms with Crippen LogP contribution in [0.3, 0.4) is 0 Å². The molecule has 0 unspecified atom stereocenters. The van der Waals surface area contributed by atoms with Crippen molar-refractivity contribution in [3.8, 4) is 5.75 Å². The predicted molar refractivity (Wildman–Crippen MR) is 82.0 cm³/mol. The van der Waals surface area contributed by atoms with Gasteiger partial charge in [0.25, 0.3) is 0 Å². The van der Waals surface area contributed by atoms with Crippen molar-refractivity contribution < 1.29 is 14.3 Å². The molecule has 0 heterocycles. The van der Waals surface area contributed by atoms with Gasteiger partial charge >= 0.3 is 0 Å². The van der Waals surface area contributed by atoms with E-state index >= 15 is 0 Å². The van der Waals surface area contributed by atoms with Crippen molar-refractivity contribution in [2.75, 3.05) is 14.2 Å². The lowest BCUT2D eigenvalue weighted by Gasteiger charge is -2.28. The molecule has 0 bridgehead atoms. The van der Waals surface area contributed by atoms with Crippen molar-refractivity contribution >= 4 is 11.8 Å². The highest BCUT2D eigenvalue weighted by molar-refractivity contribution is 5.87. The molecule has 0 aliphatic rings. The lowest BCUT2D eigenvalue weighted by atomic mass is 10.1. The van der Waals surface area contributed by atoms with Crippen LogP contribution in [0.2, 0.25) is 0 Å². The number of benzene rings is 1. The van der Waals surface area contributed by atoms with Crippen LogP contribution in [0, 0.1) is 0 Å². The first-order valence-corrected chi connectivity index (χ1v) is 7.17. The van der Waals surface area contributed by atoms with Crippen molar-refractivity contribution in [2.45, 2.75) is 39.3 Å². The van der Waals surface area contributed by atoms with Crippen LogP contribution < -0.4 is 10.1 Å². The van der Waals surface area contributed by atoms with Crippen LogP contribution in [0.25, 0.3) is 0 Å². The molecular formula is C16H24N2O3. The number of carbonyl (C=O) groups excluding carboxylic acids is 2. The number of likely N-dealkylation sites (N-methyl/N-ethyl adjacent to an activating group) is 1. The molecule has 1 N–H and O–H groups in total. The molecule has 0 saturated heterocycles. The Morgan fingerprint density at radius 1 is 1.38 bits per heavy atom. The van der Waals surface area contributed by atoms with Crippen molar-refractivity contribution in [3.05, 3.63) is 29.8 Å². The zero-order valence-corrected chi connectivity index (χ0v) is 13.2. The summed E-state index contributed by atoms with van der Waals surface area (Å²) < 4.78 is 5.19. The highest BCUT2D eigenvalue weighted by Crippen LogP contribution is 2.16. The Morgan fingerprint density at radius 2 is 2.10 bits per heavy atom. The summed E-state index contributed by atoms with van der Waals surface area (Å²) in [7, 11) is 3.18. The molecule has 21 heavy (non-hydrogen) atoms. The molecule has 0 spiro atoms. The Labute approximate surface area is 126 Å². The number of carbonyl (C=O) groups is 2. The molecule has 0 aromatic heterocycles. The smallest absolute Gasteiger partial charge is 0.242 e. The normalized spacial score (nSPS) is 11.6. The number of methoxy groups -OCH3 is 1. The fraction of sp³-hybridized carbons (Fsp3) is 0.500. The Bertz CT molecular complexity index is 488. The molecule has 5 nitrogen and oxygen atoms in total. The van der Waals surface area contributed by atoms with Gasteiger partial charge in [0.2, 0.25) is 11.8 Å². The maximum atomic E-state index is 12.3. The third kappa shape index (κ3) is 4.77. The summed E-state index contributed by atoms with van der Waals surface area (Å²) in [5, 5.41) is 2.59. The SMILES string of the molecule is CCCC(=O)N(Cc1cccc(OC)c1)[C@@H](C)C(=O)NC. The fourth-order valence-corrected chi connectivity index (χ4v) is 2.12. The molecule has 1 aromatic carbocycles. The summed E-state index contributed by atoms with van der Waals surface area (Å²) in [5.41, 5.74) is 0.939. The summed E-state index contributed by atoms with van der Waals surface area (Å²) >= 11 is 0. The molecular weight excluding hydrogens is 268 g/mol. The number of nitrogens with one attached hydrogen (secondary N) is 1. The van der Waals surface area contributed by atoms with Gasteiger partial charge in [0.05, 0.1) is 7.11 Å². The Balaban J connectivity index is 2.95. The van der Waals surface area contributed by atoms with Crippen molar-refractivity contribution in [1.82, 2.24) is 10.2 Å². The van der Waals surface area contributed by atoms with Gasteiger partial charge in [-0.2, -0.15) is 0 Å². The largest absolute Gasteiger partial charge is 0.497 e. The quantitative estimate of drug-likeness (QED) is 0.835. The molecule has 0 saturated carbocycles. The van der Waals surface area contributed by atoms with E-state index in [1.165, 1.54) is 0 Å². The Morgan fingerprint density at radius 3 is 2.67 bits per heavy atom. The second-order valence-electron chi connectivity index (χ2n) is 4.91. The molecule has 1 atom stereocenters. The maximum Gasteiger partial charge on any atom is 0.242 e. The van der Waals surface area contributed by atoms with Crippen LogP contribution in [-0.4, -0.2) is 36.9 Å². The van der Waals surface area contributed by atoms with E-state index in [1.807, 2.05) is 31.2 Å². The van der Waals surface area contributed by atoms with Crippen LogP contribution >= 0.6 is 0 Å². The molecule has 2 amide bonds. The van der Waals surface area contributed by atoms with Gasteiger partial charge in [-0.05, 0) is 31.0 Å². The molecule has 1 aromatic rings. The van der Waals surface area contributed by atoms with Crippen molar-refractivity contribution in [3.63, 3.8) is 0 Å². The number of hydrogen-bond donors (Lipinski definition) is 1. The lowest BCUT2D eigenvalue weighted by molar-refractivity contribution is -0.140. The zero-order chi connectivity index (χ0) is 15.8. The number of rotatable bonds is 7. The van der Waals surface area contributed by atoms with Crippen LogP contribution in [0.4, 0.5) is 0 Å². The van der Waals surface area contributed by atoms with Crippen LogP contribution in [0.5, 0.6) is 5.75 Å². The average molecular weight is 292 g/mol. The summed E-state index contributed by atoms with van der Waals surface area (Å²) in [5.74, 6) is 0.557. The van der Waals surface area contributed by atoms with Crippen LogP contribution in [0.15, 0.2) is 24.3 Å². The van der Waals surface area contributed by atoms with Crippen molar-refractivity contribution in [1.29, 1.82) is 0 Å². The summed E-state index contributed by atoms with van der Waals surface area (Å²) in [6.07, 6.45) is 1.19. The van der Waals surface area contributed by atoms with Gasteiger partial charge in [-0.3, -0.25) is 9.59 Å². The first-order chi connectivity index (χ1) is 10.0. The third-order valence-corrected chi connectivity index (χ3v) is 3.36. The molecule has 5 heteroatoms. The maximum absolute atomic E-state index is 12.3. The topological polar surface area (TPSA) is 58.6 Å². The first-order valence-electron chi connectivity index (χ1n) is 7.17. The van der Waals surface area contributed by atoms with E-state index in [2.05, 4.69) is 5.32 Å². The van der Waals surface area contributed by atoms with E-state index in [0.29, 0.717) is 13.0 Å². The summed E-state index contributed by atoms with van der Waals surface area (Å²) in [6, 6.07) is 7.03. The van der Waals surface area contributed by atoms with E-state index in [4.69, 9.17) is 4.74 Å². The van der Waals surface area contributed by atoms with Gasteiger partial charge in [-0.1, -0.05) is 19.1 Å². The van der Waals surface area contributed by atoms with E-state index in [0.717, 1.165) is 17.7 Å². The highest BCUT2D eigenvalue weighted by Gasteiger charge is 2.24. The zero-order valence-electron chi connectivity index (χ0n) is 13.2. The third-order valence-electron chi connectivity index (χ3n) is 3.36. The summed E-state index contributed by atoms with van der Waals surface area (Å²) in [4.78, 5) is 25.7. The highest BCUT2D eigenvalue weighted by atomic mass is 16.5. The second kappa shape index (κ2) is 8.29. The minimum absolute atomic E-state index is 0.0172. The molecule has 0 aliphatic carbocycles. The molecule has 1 rings (SSSR count). The van der Waals surface area contributed by atoms with Gasteiger partial charge in [0, 0.05) is 20.0 Å². The van der Waals surface area contributed by atoms with E-state index in [-0.39, 0.29) is 11.8 Å². The minimum Gasteiger partial charge on any atom is -0.497 e. The van der Waals surface area contributed by atoms with E-state index in [1.54, 1.807) is 26.0 Å². The van der Waals surface area contributed by atoms with Gasteiger partial charge in [-0.25, -0.2) is 0 Å².